The van der Waals surface area contributed by atoms with Crippen molar-refractivity contribution in [3.8, 4) is 5.75 Å². The topological polar surface area (TPSA) is 29.5 Å². The van der Waals surface area contributed by atoms with Crippen LogP contribution in [0.4, 0.5) is 0 Å². The molecule has 2 rings (SSSR count). The third-order valence-electron chi connectivity index (χ3n) is 3.00. The summed E-state index contributed by atoms with van der Waals surface area (Å²) >= 11 is 6.99. The molecule has 0 saturated carbocycles. The standard InChI is InChI=1S/C15H14Br2O2/c1-9-7-14(17)12(8-13(9)16)15(18)10-3-5-11(19-2)6-4-10/h3-8,15,18H,1-2H3. The molecule has 2 aromatic rings. The lowest BCUT2D eigenvalue weighted by Gasteiger charge is -2.15. The van der Waals surface area contributed by atoms with Crippen LogP contribution in [0.25, 0.3) is 0 Å². The second-order valence-electron chi connectivity index (χ2n) is 4.30. The summed E-state index contributed by atoms with van der Waals surface area (Å²) < 4.78 is 7.00. The highest BCUT2D eigenvalue weighted by Gasteiger charge is 2.15. The van der Waals surface area contributed by atoms with Crippen LogP contribution in [-0.4, -0.2) is 12.2 Å². The van der Waals surface area contributed by atoms with E-state index in [1.807, 2.05) is 43.3 Å². The number of benzene rings is 2. The van der Waals surface area contributed by atoms with Gasteiger partial charge in [-0.05, 0) is 42.3 Å². The molecule has 0 aliphatic heterocycles. The number of hydrogen-bond acceptors (Lipinski definition) is 2. The van der Waals surface area contributed by atoms with Crippen molar-refractivity contribution in [3.63, 3.8) is 0 Å². The lowest BCUT2D eigenvalue weighted by molar-refractivity contribution is 0.219. The fourth-order valence-electron chi connectivity index (χ4n) is 1.84. The van der Waals surface area contributed by atoms with E-state index in [9.17, 15) is 5.11 Å². The van der Waals surface area contributed by atoms with Crippen molar-refractivity contribution in [3.05, 3.63) is 62.0 Å². The molecule has 0 bridgehead atoms. The average molecular weight is 386 g/mol. The van der Waals surface area contributed by atoms with E-state index in [1.165, 1.54) is 0 Å². The van der Waals surface area contributed by atoms with Crippen molar-refractivity contribution in [2.45, 2.75) is 13.0 Å². The Morgan fingerprint density at radius 1 is 1.05 bits per heavy atom. The molecule has 0 heterocycles. The highest BCUT2D eigenvalue weighted by atomic mass is 79.9. The van der Waals surface area contributed by atoms with Gasteiger partial charge in [0, 0.05) is 14.5 Å². The number of aliphatic hydroxyl groups is 1. The van der Waals surface area contributed by atoms with Crippen LogP contribution in [0, 0.1) is 6.92 Å². The molecular weight excluding hydrogens is 372 g/mol. The van der Waals surface area contributed by atoms with Gasteiger partial charge in [0.25, 0.3) is 0 Å². The van der Waals surface area contributed by atoms with Crippen molar-refractivity contribution in [2.24, 2.45) is 0 Å². The van der Waals surface area contributed by atoms with Gasteiger partial charge < -0.3 is 9.84 Å². The van der Waals surface area contributed by atoms with Gasteiger partial charge in [0.1, 0.15) is 11.9 Å². The summed E-state index contributed by atoms with van der Waals surface area (Å²) in [4.78, 5) is 0. The summed E-state index contributed by atoms with van der Waals surface area (Å²) in [6.45, 7) is 2.01. The second kappa shape index (κ2) is 6.07. The van der Waals surface area contributed by atoms with Gasteiger partial charge in [0.15, 0.2) is 0 Å². The van der Waals surface area contributed by atoms with Crippen LogP contribution in [0.1, 0.15) is 22.8 Å². The van der Waals surface area contributed by atoms with Crippen LogP contribution >= 0.6 is 31.9 Å². The van der Waals surface area contributed by atoms with Crippen LogP contribution in [0.3, 0.4) is 0 Å². The summed E-state index contributed by atoms with van der Waals surface area (Å²) in [5.41, 5.74) is 2.79. The van der Waals surface area contributed by atoms with Crippen molar-refractivity contribution in [1.82, 2.24) is 0 Å². The van der Waals surface area contributed by atoms with E-state index >= 15 is 0 Å². The Morgan fingerprint density at radius 2 is 1.68 bits per heavy atom. The Kier molecular flexibility index (Phi) is 4.66. The van der Waals surface area contributed by atoms with Gasteiger partial charge in [-0.25, -0.2) is 0 Å². The molecule has 2 nitrogen and oxygen atoms in total. The predicted octanol–water partition coefficient (Wildman–Crippen LogP) is 4.61. The Balaban J connectivity index is 2.37. The zero-order valence-corrected chi connectivity index (χ0v) is 13.8. The summed E-state index contributed by atoms with van der Waals surface area (Å²) in [5, 5.41) is 10.5. The Bertz CT molecular complexity index is 579. The molecule has 0 fully saturated rings. The first-order chi connectivity index (χ1) is 9.02. The largest absolute Gasteiger partial charge is 0.497 e. The molecule has 0 radical (unpaired) electrons. The Morgan fingerprint density at radius 3 is 2.26 bits per heavy atom. The number of rotatable bonds is 3. The van der Waals surface area contributed by atoms with Crippen LogP contribution in [-0.2, 0) is 0 Å². The minimum Gasteiger partial charge on any atom is -0.497 e. The molecule has 0 aliphatic rings. The number of methoxy groups -OCH3 is 1. The third-order valence-corrected chi connectivity index (χ3v) is 4.55. The number of hydrogen-bond donors (Lipinski definition) is 1. The van der Waals surface area contributed by atoms with Crippen molar-refractivity contribution in [2.75, 3.05) is 7.11 Å². The molecule has 19 heavy (non-hydrogen) atoms. The van der Waals surface area contributed by atoms with Crippen LogP contribution < -0.4 is 4.74 Å². The molecular formula is C15H14Br2O2. The van der Waals surface area contributed by atoms with E-state index in [1.54, 1.807) is 7.11 Å². The van der Waals surface area contributed by atoms with Crippen LogP contribution in [0.15, 0.2) is 45.3 Å². The van der Waals surface area contributed by atoms with Crippen LogP contribution in [0.2, 0.25) is 0 Å². The third kappa shape index (κ3) is 3.19. The number of ether oxygens (including phenoxy) is 1. The number of halogens is 2. The minimum absolute atomic E-state index is 0.669. The molecule has 1 N–H and O–H groups in total. The monoisotopic (exact) mass is 384 g/mol. The zero-order valence-electron chi connectivity index (χ0n) is 10.7. The molecule has 0 amide bonds. The molecule has 1 unspecified atom stereocenters. The fraction of sp³-hybridized carbons (Fsp3) is 0.200. The second-order valence-corrected chi connectivity index (χ2v) is 6.01. The SMILES string of the molecule is COc1ccc(C(O)c2cc(Br)c(C)cc2Br)cc1. The van der Waals surface area contributed by atoms with Gasteiger partial charge in [-0.1, -0.05) is 44.0 Å². The van der Waals surface area contributed by atoms with Gasteiger partial charge in [-0.3, -0.25) is 0 Å². The normalized spacial score (nSPS) is 12.3. The summed E-state index contributed by atoms with van der Waals surface area (Å²) in [6, 6.07) is 11.3. The molecule has 100 valence electrons. The zero-order chi connectivity index (χ0) is 14.0. The van der Waals surface area contributed by atoms with Crippen molar-refractivity contribution < 1.29 is 9.84 Å². The first-order valence-electron chi connectivity index (χ1n) is 5.80. The molecule has 0 aromatic heterocycles. The molecule has 0 spiro atoms. The van der Waals surface area contributed by atoms with E-state index in [2.05, 4.69) is 31.9 Å². The highest BCUT2D eigenvalue weighted by Crippen LogP contribution is 2.33. The molecule has 0 aliphatic carbocycles. The lowest BCUT2D eigenvalue weighted by Crippen LogP contribution is -2.01. The predicted molar refractivity (Wildman–Crippen MR) is 83.6 cm³/mol. The van der Waals surface area contributed by atoms with E-state index in [0.29, 0.717) is 0 Å². The molecule has 2 aromatic carbocycles. The first-order valence-corrected chi connectivity index (χ1v) is 7.39. The fourth-order valence-corrected chi connectivity index (χ4v) is 2.87. The van der Waals surface area contributed by atoms with E-state index in [4.69, 9.17) is 4.74 Å². The Labute approximate surface area is 129 Å². The average Bonchev–Trinajstić information content (AvgIpc) is 2.42. The number of aryl methyl sites for hydroxylation is 1. The quantitative estimate of drug-likeness (QED) is 0.835. The van der Waals surface area contributed by atoms with Gasteiger partial charge >= 0.3 is 0 Å². The van der Waals surface area contributed by atoms with Gasteiger partial charge in [0.2, 0.25) is 0 Å². The van der Waals surface area contributed by atoms with Gasteiger partial charge in [-0.2, -0.15) is 0 Å². The highest BCUT2D eigenvalue weighted by molar-refractivity contribution is 9.11. The Hall–Kier alpha value is -0.840. The summed E-state index contributed by atoms with van der Waals surface area (Å²) in [6.07, 6.45) is -0.669. The maximum atomic E-state index is 10.5. The molecule has 4 heteroatoms. The molecule has 1 atom stereocenters. The summed E-state index contributed by atoms with van der Waals surface area (Å²) in [5.74, 6) is 0.778. The van der Waals surface area contributed by atoms with E-state index in [-0.39, 0.29) is 0 Å². The van der Waals surface area contributed by atoms with Crippen molar-refractivity contribution >= 4 is 31.9 Å². The maximum absolute atomic E-state index is 10.5. The van der Waals surface area contributed by atoms with E-state index in [0.717, 1.165) is 31.4 Å². The number of aliphatic hydroxyl groups excluding tert-OH is 1. The maximum Gasteiger partial charge on any atom is 0.118 e. The van der Waals surface area contributed by atoms with E-state index < -0.39 is 6.10 Å². The van der Waals surface area contributed by atoms with Gasteiger partial charge in [-0.15, -0.1) is 0 Å². The van der Waals surface area contributed by atoms with Gasteiger partial charge in [0.05, 0.1) is 7.11 Å². The lowest BCUT2D eigenvalue weighted by atomic mass is 10.0. The smallest absolute Gasteiger partial charge is 0.118 e. The van der Waals surface area contributed by atoms with Crippen molar-refractivity contribution in [1.29, 1.82) is 0 Å². The summed E-state index contributed by atoms with van der Waals surface area (Å²) in [7, 11) is 1.62. The minimum atomic E-state index is -0.669. The molecule has 0 saturated heterocycles. The first kappa shape index (κ1) is 14.6. The van der Waals surface area contributed by atoms with Crippen LogP contribution in [0.5, 0.6) is 5.75 Å².